The lowest BCUT2D eigenvalue weighted by Gasteiger charge is -2.12. The number of halogens is 3. The second-order valence-electron chi connectivity index (χ2n) is 5.66. The van der Waals surface area contributed by atoms with Gasteiger partial charge in [-0.25, -0.2) is 9.78 Å². The zero-order valence-electron chi connectivity index (χ0n) is 14.6. The molecule has 0 aliphatic heterocycles. The predicted molar refractivity (Wildman–Crippen MR) is 90.0 cm³/mol. The Morgan fingerprint density at radius 2 is 1.93 bits per heavy atom. The fourth-order valence-electron chi connectivity index (χ4n) is 2.45. The number of amides is 1. The number of nitrogens with one attached hydrogen (secondary N) is 1. The summed E-state index contributed by atoms with van der Waals surface area (Å²) in [6, 6.07) is 6.23. The molecular weight excluding hydrogens is 365 g/mol. The highest BCUT2D eigenvalue weighted by Gasteiger charge is 2.33. The zero-order valence-corrected chi connectivity index (χ0v) is 14.6. The van der Waals surface area contributed by atoms with Crippen LogP contribution in [0.25, 0.3) is 0 Å². The molecule has 0 atom stereocenters. The van der Waals surface area contributed by atoms with Crippen molar-refractivity contribution in [3.63, 3.8) is 0 Å². The van der Waals surface area contributed by atoms with Gasteiger partial charge in [0.05, 0.1) is 23.9 Å². The number of methoxy groups -OCH3 is 1. The van der Waals surface area contributed by atoms with E-state index in [2.05, 4.69) is 10.3 Å². The van der Waals surface area contributed by atoms with Crippen molar-refractivity contribution in [2.45, 2.75) is 19.5 Å². The molecule has 2 aromatic rings. The Bertz CT molecular complexity index is 866. The topological polar surface area (TPSA) is 88.5 Å². The number of pyridine rings is 1. The molecule has 0 spiro atoms. The monoisotopic (exact) mass is 382 g/mol. The largest absolute Gasteiger partial charge is 0.496 e. The molecule has 0 fully saturated rings. The standard InChI is InChI=1S/C18H17F3N2O4/c1-10-13(5-6-15(23-10)18(19,20)21)16(24)22-8-7-11-3-4-12(17(25)26)9-14(11)27-2/h3-6,9H,7-8H2,1-2H3,(H,22,24)(H,25,26). The maximum Gasteiger partial charge on any atom is 0.433 e. The van der Waals surface area contributed by atoms with Crippen LogP contribution in [0.3, 0.4) is 0 Å². The Morgan fingerprint density at radius 3 is 2.48 bits per heavy atom. The Kier molecular flexibility index (Phi) is 6.04. The number of alkyl halides is 3. The Labute approximate surface area is 153 Å². The van der Waals surface area contributed by atoms with Crippen LogP contribution in [0.2, 0.25) is 0 Å². The number of benzene rings is 1. The number of hydrogen-bond acceptors (Lipinski definition) is 4. The first-order valence-corrected chi connectivity index (χ1v) is 7.86. The van der Waals surface area contributed by atoms with Crippen LogP contribution in [0, 0.1) is 6.92 Å². The third-order valence-corrected chi connectivity index (χ3v) is 3.83. The number of nitrogens with zero attached hydrogens (tertiary/aromatic N) is 1. The average Bonchev–Trinajstić information content (AvgIpc) is 2.60. The molecular formula is C18H17F3N2O4. The molecule has 144 valence electrons. The lowest BCUT2D eigenvalue weighted by molar-refractivity contribution is -0.141. The van der Waals surface area contributed by atoms with E-state index < -0.39 is 23.7 Å². The number of carboxylic acids is 1. The van der Waals surface area contributed by atoms with E-state index in [0.29, 0.717) is 17.7 Å². The molecule has 0 bridgehead atoms. The van der Waals surface area contributed by atoms with E-state index in [1.165, 1.54) is 26.2 Å². The normalized spacial score (nSPS) is 11.1. The highest BCUT2D eigenvalue weighted by Crippen LogP contribution is 2.28. The van der Waals surface area contributed by atoms with Crippen LogP contribution < -0.4 is 10.1 Å². The second kappa shape index (κ2) is 8.07. The molecule has 1 heterocycles. The molecule has 1 aromatic carbocycles. The van der Waals surface area contributed by atoms with Crippen molar-refractivity contribution in [3.05, 3.63) is 58.4 Å². The summed E-state index contributed by atoms with van der Waals surface area (Å²) in [5, 5.41) is 11.6. The van der Waals surface area contributed by atoms with Gasteiger partial charge in [-0.3, -0.25) is 4.79 Å². The predicted octanol–water partition coefficient (Wildman–Crippen LogP) is 3.09. The average molecular weight is 382 g/mol. The van der Waals surface area contributed by atoms with Crippen LogP contribution in [0.4, 0.5) is 13.2 Å². The molecule has 0 radical (unpaired) electrons. The summed E-state index contributed by atoms with van der Waals surface area (Å²) >= 11 is 0. The summed E-state index contributed by atoms with van der Waals surface area (Å²) in [5.41, 5.74) is -0.266. The van der Waals surface area contributed by atoms with Crippen molar-refractivity contribution in [3.8, 4) is 5.75 Å². The highest BCUT2D eigenvalue weighted by atomic mass is 19.4. The van der Waals surface area contributed by atoms with E-state index in [-0.39, 0.29) is 23.4 Å². The number of hydrogen-bond donors (Lipinski definition) is 2. The molecule has 2 rings (SSSR count). The highest BCUT2D eigenvalue weighted by molar-refractivity contribution is 5.95. The van der Waals surface area contributed by atoms with Gasteiger partial charge in [0.15, 0.2) is 0 Å². The smallest absolute Gasteiger partial charge is 0.433 e. The molecule has 0 saturated carbocycles. The number of carboxylic acid groups (broad SMARTS) is 1. The van der Waals surface area contributed by atoms with Crippen LogP contribution in [0.1, 0.15) is 37.7 Å². The summed E-state index contributed by atoms with van der Waals surface area (Å²) < 4.78 is 43.0. The van der Waals surface area contributed by atoms with E-state index in [0.717, 1.165) is 12.1 Å². The molecule has 27 heavy (non-hydrogen) atoms. The van der Waals surface area contributed by atoms with Gasteiger partial charge < -0.3 is 15.2 Å². The van der Waals surface area contributed by atoms with Gasteiger partial charge in [-0.15, -0.1) is 0 Å². The number of rotatable bonds is 6. The van der Waals surface area contributed by atoms with E-state index in [9.17, 15) is 22.8 Å². The van der Waals surface area contributed by atoms with Crippen LogP contribution in [0.15, 0.2) is 30.3 Å². The van der Waals surface area contributed by atoms with Crippen molar-refractivity contribution in [2.24, 2.45) is 0 Å². The number of carbonyl (C=O) groups excluding carboxylic acids is 1. The van der Waals surface area contributed by atoms with Crippen LogP contribution >= 0.6 is 0 Å². The fourth-order valence-corrected chi connectivity index (χ4v) is 2.45. The summed E-state index contributed by atoms with van der Waals surface area (Å²) in [6.45, 7) is 1.51. The zero-order chi connectivity index (χ0) is 20.2. The van der Waals surface area contributed by atoms with Crippen molar-refractivity contribution in [2.75, 3.05) is 13.7 Å². The summed E-state index contributed by atoms with van der Waals surface area (Å²) in [4.78, 5) is 26.6. The third kappa shape index (κ3) is 4.96. The second-order valence-corrected chi connectivity index (χ2v) is 5.66. The third-order valence-electron chi connectivity index (χ3n) is 3.83. The lowest BCUT2D eigenvalue weighted by Crippen LogP contribution is -2.27. The van der Waals surface area contributed by atoms with Gasteiger partial charge in [0.2, 0.25) is 0 Å². The Morgan fingerprint density at radius 1 is 1.22 bits per heavy atom. The molecule has 1 amide bonds. The minimum atomic E-state index is -4.57. The summed E-state index contributed by atoms with van der Waals surface area (Å²) in [5.74, 6) is -1.26. The first kappa shape index (κ1) is 20.2. The van der Waals surface area contributed by atoms with Gasteiger partial charge in [0, 0.05) is 6.54 Å². The fraction of sp³-hybridized carbons (Fsp3) is 0.278. The van der Waals surface area contributed by atoms with Crippen LogP contribution in [-0.2, 0) is 12.6 Å². The van der Waals surface area contributed by atoms with Gasteiger partial charge in [0.1, 0.15) is 11.4 Å². The van der Waals surface area contributed by atoms with E-state index in [1.54, 1.807) is 6.07 Å². The number of aromatic carboxylic acids is 1. The SMILES string of the molecule is COc1cc(C(=O)O)ccc1CCNC(=O)c1ccc(C(F)(F)F)nc1C. The van der Waals surface area contributed by atoms with Crippen molar-refractivity contribution in [1.82, 2.24) is 10.3 Å². The minimum absolute atomic E-state index is 0.0225. The maximum absolute atomic E-state index is 12.6. The molecule has 6 nitrogen and oxygen atoms in total. The first-order chi connectivity index (χ1) is 12.6. The molecule has 2 N–H and O–H groups in total. The minimum Gasteiger partial charge on any atom is -0.496 e. The number of aryl methyl sites for hydroxylation is 1. The quantitative estimate of drug-likeness (QED) is 0.802. The summed E-state index contributed by atoms with van der Waals surface area (Å²) in [6.07, 6.45) is -4.22. The maximum atomic E-state index is 12.6. The molecule has 1 aromatic heterocycles. The number of ether oxygens (including phenoxy) is 1. The van der Waals surface area contributed by atoms with Crippen molar-refractivity contribution in [1.29, 1.82) is 0 Å². The molecule has 9 heteroatoms. The van der Waals surface area contributed by atoms with Crippen molar-refractivity contribution >= 4 is 11.9 Å². The molecule has 0 aliphatic rings. The van der Waals surface area contributed by atoms with Crippen LogP contribution in [-0.4, -0.2) is 35.6 Å². The molecule has 0 unspecified atom stereocenters. The van der Waals surface area contributed by atoms with Gasteiger partial charge >= 0.3 is 12.1 Å². The lowest BCUT2D eigenvalue weighted by atomic mass is 10.1. The molecule has 0 saturated heterocycles. The molecule has 0 aliphatic carbocycles. The van der Waals surface area contributed by atoms with E-state index >= 15 is 0 Å². The first-order valence-electron chi connectivity index (χ1n) is 7.86. The summed E-state index contributed by atoms with van der Waals surface area (Å²) in [7, 11) is 1.40. The van der Waals surface area contributed by atoms with Crippen molar-refractivity contribution < 1.29 is 32.6 Å². The Balaban J connectivity index is 2.03. The van der Waals surface area contributed by atoms with Gasteiger partial charge in [-0.05, 0) is 43.2 Å². The number of aromatic nitrogens is 1. The van der Waals surface area contributed by atoms with Gasteiger partial charge in [-0.2, -0.15) is 13.2 Å². The number of carbonyl (C=O) groups is 2. The van der Waals surface area contributed by atoms with Crippen LogP contribution in [0.5, 0.6) is 5.75 Å². The van der Waals surface area contributed by atoms with Gasteiger partial charge in [0.25, 0.3) is 5.91 Å². The Hall–Kier alpha value is -3.10. The van der Waals surface area contributed by atoms with E-state index in [4.69, 9.17) is 9.84 Å². The van der Waals surface area contributed by atoms with E-state index in [1.807, 2.05) is 0 Å². The van der Waals surface area contributed by atoms with Gasteiger partial charge in [-0.1, -0.05) is 6.07 Å².